The molecule has 0 aliphatic heterocycles. The summed E-state index contributed by atoms with van der Waals surface area (Å²) in [6.45, 7) is 0. The summed E-state index contributed by atoms with van der Waals surface area (Å²) < 4.78 is 40.4. The van der Waals surface area contributed by atoms with Crippen LogP contribution in [0, 0.1) is 0 Å². The first-order chi connectivity index (χ1) is 9.74. The van der Waals surface area contributed by atoms with E-state index >= 15 is 0 Å². The van der Waals surface area contributed by atoms with Gasteiger partial charge in [0.25, 0.3) is 0 Å². The molecule has 21 heavy (non-hydrogen) atoms. The zero-order valence-corrected chi connectivity index (χ0v) is 14.2. The molecule has 114 valence electrons. The van der Waals surface area contributed by atoms with Gasteiger partial charge < -0.3 is 0 Å². The Bertz CT molecular complexity index is 687. The van der Waals surface area contributed by atoms with Crippen molar-refractivity contribution in [2.45, 2.75) is 5.07 Å². The molecule has 0 unspecified atom stereocenters. The summed E-state index contributed by atoms with van der Waals surface area (Å²) in [6.07, 6.45) is 1.51. The zero-order valence-electron chi connectivity index (χ0n) is 10.9. The molecule has 0 fully saturated rings. The van der Waals surface area contributed by atoms with Crippen LogP contribution in [0.4, 0.5) is 13.2 Å². The number of hydroxylamine groups is 2. The summed E-state index contributed by atoms with van der Waals surface area (Å²) in [6, 6.07) is 4.75. The molecule has 2 heterocycles. The van der Waals surface area contributed by atoms with Crippen molar-refractivity contribution in [3.05, 3.63) is 34.4 Å². The molecule has 2 rings (SSSR count). The van der Waals surface area contributed by atoms with E-state index in [0.717, 1.165) is 5.06 Å². The minimum absolute atomic E-state index is 0.0106. The number of carbonyl (C=O) groups is 1. The second-order valence-corrected chi connectivity index (χ2v) is 7.07. The molecule has 0 aliphatic rings. The van der Waals surface area contributed by atoms with Crippen LogP contribution in [0.2, 0.25) is 0 Å². The third-order valence-corrected chi connectivity index (χ3v) is 5.15. The van der Waals surface area contributed by atoms with Crippen LogP contribution >= 0.6 is 15.9 Å². The van der Waals surface area contributed by atoms with E-state index in [4.69, 9.17) is 4.84 Å². The van der Waals surface area contributed by atoms with Gasteiger partial charge in [-0.3, -0.25) is 0 Å². The summed E-state index contributed by atoms with van der Waals surface area (Å²) >= 11 is 1.43. The maximum absolute atomic E-state index is 12.8. The van der Waals surface area contributed by atoms with Crippen LogP contribution in [0.5, 0.6) is 0 Å². The van der Waals surface area contributed by atoms with Crippen LogP contribution in [0.3, 0.4) is 0 Å². The number of amides is 1. The molecule has 4 nitrogen and oxygen atoms in total. The molecule has 1 amide bonds. The van der Waals surface area contributed by atoms with Crippen LogP contribution in [0.25, 0.3) is 5.52 Å². The normalized spacial score (nSPS) is 11.9. The third-order valence-electron chi connectivity index (χ3n) is 2.71. The molecule has 0 radical (unpaired) electrons. The number of pyridine rings is 1. The van der Waals surface area contributed by atoms with Crippen molar-refractivity contribution < 1.29 is 22.8 Å². The summed E-state index contributed by atoms with van der Waals surface area (Å²) in [4.78, 5) is 16.9. The Labute approximate surface area is 133 Å². The molecule has 0 spiro atoms. The Kier molecular flexibility index (Phi) is 4.67. The molecule has 9 heteroatoms. The number of aromatic nitrogens is 1. The minimum atomic E-state index is -4.36. The van der Waals surface area contributed by atoms with Gasteiger partial charge in [0, 0.05) is 0 Å². The Morgan fingerprint density at radius 2 is 2.14 bits per heavy atom. The number of hydrogen-bond donors (Lipinski definition) is 0. The van der Waals surface area contributed by atoms with Gasteiger partial charge in [-0.2, -0.15) is 0 Å². The van der Waals surface area contributed by atoms with Gasteiger partial charge in [-0.1, -0.05) is 0 Å². The van der Waals surface area contributed by atoms with Gasteiger partial charge >= 0.3 is 133 Å². The SMILES string of the molecule is CON(C)C(=O)c1cc2c(Br)cccn2c1[Se]C(F)(F)F. The van der Waals surface area contributed by atoms with Gasteiger partial charge in [-0.05, 0) is 0 Å². The predicted octanol–water partition coefficient (Wildman–Crippen LogP) is 2.18. The molecule has 0 atom stereocenters. The molecule has 0 saturated carbocycles. The predicted molar refractivity (Wildman–Crippen MR) is 75.6 cm³/mol. The molecule has 0 saturated heterocycles. The molecule has 2 aromatic heterocycles. The first-order valence-corrected chi connectivity index (χ1v) is 8.12. The number of halogens is 4. The summed E-state index contributed by atoms with van der Waals surface area (Å²) in [5.74, 6) is -0.616. The van der Waals surface area contributed by atoms with Crippen molar-refractivity contribution >= 4 is 46.9 Å². The van der Waals surface area contributed by atoms with Gasteiger partial charge in [0.15, 0.2) is 0 Å². The van der Waals surface area contributed by atoms with Crippen molar-refractivity contribution in [2.24, 2.45) is 0 Å². The Hall–Kier alpha value is -1.02. The van der Waals surface area contributed by atoms with E-state index < -0.39 is 25.9 Å². The van der Waals surface area contributed by atoms with E-state index in [1.54, 1.807) is 12.1 Å². The number of rotatable bonds is 3. The van der Waals surface area contributed by atoms with Gasteiger partial charge in [-0.15, -0.1) is 0 Å². The molecule has 0 aliphatic carbocycles. The maximum atomic E-state index is 12.8. The van der Waals surface area contributed by atoms with Crippen LogP contribution in [-0.2, 0) is 4.84 Å². The van der Waals surface area contributed by atoms with E-state index in [0.29, 0.717) is 9.99 Å². The van der Waals surface area contributed by atoms with Crippen LogP contribution in [0.15, 0.2) is 28.9 Å². The fraction of sp³-hybridized carbons (Fsp3) is 0.250. The second-order valence-electron chi connectivity index (χ2n) is 4.01. The number of fused-ring (bicyclic) bond motifs is 1. The van der Waals surface area contributed by atoms with Crippen LogP contribution in [0.1, 0.15) is 10.4 Å². The topological polar surface area (TPSA) is 34.0 Å². The number of nitrogens with zero attached hydrogens (tertiary/aromatic N) is 2. The van der Waals surface area contributed by atoms with Crippen LogP contribution < -0.4 is 4.59 Å². The summed E-state index contributed by atoms with van der Waals surface area (Å²) in [5.41, 5.74) is 0.495. The zero-order chi connectivity index (χ0) is 15.8. The average Bonchev–Trinajstić information content (AvgIpc) is 2.75. The molecule has 0 N–H and O–H groups in total. The number of alkyl halides is 3. The molecular formula is C12H10BrF3N2O2Se. The molecule has 0 aromatic carbocycles. The van der Waals surface area contributed by atoms with Gasteiger partial charge in [-0.25, -0.2) is 0 Å². The Morgan fingerprint density at radius 3 is 2.71 bits per heavy atom. The molecule has 0 bridgehead atoms. The fourth-order valence-corrected chi connectivity index (χ4v) is 3.75. The summed E-state index contributed by atoms with van der Waals surface area (Å²) in [7, 11) is 2.63. The standard InChI is InChI=1S/C12H10BrF3N2O2Se/c1-17(20-2)10(19)7-6-9-8(13)4-3-5-18(9)11(7)21-12(14,15)16/h3-6H,1-2H3. The second kappa shape index (κ2) is 6.00. The number of carbonyl (C=O) groups excluding carboxylic acids is 1. The van der Waals surface area contributed by atoms with Crippen molar-refractivity contribution in [1.82, 2.24) is 9.46 Å². The molecular weight excluding hydrogens is 420 g/mol. The molecule has 2 aromatic rings. The number of hydrogen-bond acceptors (Lipinski definition) is 2. The monoisotopic (exact) mass is 430 g/mol. The van der Waals surface area contributed by atoms with Crippen molar-refractivity contribution in [1.29, 1.82) is 0 Å². The van der Waals surface area contributed by atoms with E-state index in [-0.39, 0.29) is 10.2 Å². The first-order valence-electron chi connectivity index (χ1n) is 5.62. The van der Waals surface area contributed by atoms with Crippen molar-refractivity contribution in [3.8, 4) is 0 Å². The average molecular weight is 430 g/mol. The third kappa shape index (κ3) is 3.42. The quantitative estimate of drug-likeness (QED) is 0.553. The van der Waals surface area contributed by atoms with Crippen molar-refractivity contribution in [2.75, 3.05) is 14.2 Å². The fourth-order valence-electron chi connectivity index (χ4n) is 1.76. The van der Waals surface area contributed by atoms with E-state index in [2.05, 4.69) is 15.9 Å². The van der Waals surface area contributed by atoms with Gasteiger partial charge in [0.1, 0.15) is 0 Å². The Morgan fingerprint density at radius 1 is 1.48 bits per heavy atom. The Balaban J connectivity index is 2.65. The first kappa shape index (κ1) is 16.4. The van der Waals surface area contributed by atoms with Crippen molar-refractivity contribution in [3.63, 3.8) is 0 Å². The van der Waals surface area contributed by atoms with Crippen LogP contribution in [-0.4, -0.2) is 49.6 Å². The summed E-state index contributed by atoms with van der Waals surface area (Å²) in [5, 5.41) is -3.46. The van der Waals surface area contributed by atoms with Gasteiger partial charge in [0.2, 0.25) is 0 Å². The van der Waals surface area contributed by atoms with E-state index in [1.807, 2.05) is 0 Å². The van der Waals surface area contributed by atoms with E-state index in [1.165, 1.54) is 30.8 Å². The van der Waals surface area contributed by atoms with E-state index in [9.17, 15) is 18.0 Å². The van der Waals surface area contributed by atoms with Gasteiger partial charge in [0.05, 0.1) is 0 Å².